The van der Waals surface area contributed by atoms with E-state index in [0.717, 1.165) is 0 Å². The minimum Gasteiger partial charge on any atom is -0.360 e. The Balaban J connectivity index is 1.24. The Morgan fingerprint density at radius 2 is 1.20 bits per heavy atom. The van der Waals surface area contributed by atoms with Crippen LogP contribution in [0.25, 0.3) is 0 Å². The number of allylic oxidation sites excluding steroid dienone is 2. The molecule has 0 fully saturated rings. The number of aryl methyl sites for hydroxylation is 2. The summed E-state index contributed by atoms with van der Waals surface area (Å²) < 4.78 is 65.5. The third-order valence-corrected chi connectivity index (χ3v) is 9.29. The smallest absolute Gasteiger partial charge is 0.263 e. The van der Waals surface area contributed by atoms with E-state index in [0.29, 0.717) is 39.7 Å². The van der Waals surface area contributed by atoms with E-state index < -0.39 is 20.0 Å². The minimum absolute atomic E-state index is 0.000951. The number of aromatic nitrogens is 2. The van der Waals surface area contributed by atoms with E-state index >= 15 is 0 Å². The van der Waals surface area contributed by atoms with Crippen LogP contribution in [0.1, 0.15) is 27.4 Å². The number of benzene rings is 3. The van der Waals surface area contributed by atoms with Crippen LogP contribution in [0.2, 0.25) is 0 Å². The number of anilines is 3. The molecule has 0 saturated carbocycles. The number of fused-ring (bicyclic) bond motifs is 1. The average molecular weight is 645 g/mol. The summed E-state index contributed by atoms with van der Waals surface area (Å²) in [5.41, 5.74) is 2.61. The number of nitrogens with zero attached hydrogens (tertiary/aromatic N) is 3. The highest BCUT2D eigenvalue weighted by atomic mass is 32.2. The van der Waals surface area contributed by atoms with E-state index in [1.54, 1.807) is 56.3 Å². The van der Waals surface area contributed by atoms with Gasteiger partial charge in [-0.3, -0.25) is 14.2 Å². The lowest BCUT2D eigenvalue weighted by Crippen LogP contribution is -2.22. The number of hydrogen-bond acceptors (Lipinski definition) is 11. The lowest BCUT2D eigenvalue weighted by Gasteiger charge is -2.19. The van der Waals surface area contributed by atoms with Crippen LogP contribution in [0, 0.1) is 13.8 Å². The highest BCUT2D eigenvalue weighted by Crippen LogP contribution is 2.27. The molecule has 0 atom stereocenters. The Kier molecular flexibility index (Phi) is 7.56. The molecule has 0 saturated heterocycles. The minimum atomic E-state index is -3.92. The lowest BCUT2D eigenvalue weighted by atomic mass is 9.92. The topological polar surface area (TPSA) is 186 Å². The van der Waals surface area contributed by atoms with E-state index in [1.165, 1.54) is 48.5 Å². The Morgan fingerprint density at radius 1 is 0.689 bits per heavy atom. The molecule has 3 aromatic carbocycles. The van der Waals surface area contributed by atoms with Crippen molar-refractivity contribution in [1.29, 1.82) is 0 Å². The quantitative estimate of drug-likeness (QED) is 0.193. The van der Waals surface area contributed by atoms with E-state index in [-0.39, 0.29) is 32.9 Å². The second kappa shape index (κ2) is 11.5. The van der Waals surface area contributed by atoms with Crippen molar-refractivity contribution >= 4 is 54.6 Å². The number of Topliss-reactive ketones (excluding diaryl/α,β-unsaturated/α-hetero) is 1. The van der Waals surface area contributed by atoms with E-state index in [4.69, 9.17) is 9.05 Å². The van der Waals surface area contributed by atoms with Gasteiger partial charge in [-0.05, 0) is 68.5 Å². The van der Waals surface area contributed by atoms with Crippen molar-refractivity contribution in [2.24, 2.45) is 4.99 Å². The summed E-state index contributed by atoms with van der Waals surface area (Å²) in [4.78, 5) is 18.0. The van der Waals surface area contributed by atoms with Gasteiger partial charge in [-0.15, -0.1) is 0 Å². The molecule has 1 aliphatic rings. The molecule has 13 nitrogen and oxygen atoms in total. The number of ketones is 1. The van der Waals surface area contributed by atoms with Crippen molar-refractivity contribution in [1.82, 2.24) is 10.3 Å². The van der Waals surface area contributed by atoms with Crippen LogP contribution in [-0.2, 0) is 20.0 Å². The molecule has 0 radical (unpaired) electrons. The number of carbonyl (C=O) groups is 1. The van der Waals surface area contributed by atoms with Gasteiger partial charge in [0, 0.05) is 28.9 Å². The molecule has 228 valence electrons. The van der Waals surface area contributed by atoms with Crippen molar-refractivity contribution in [3.8, 4) is 0 Å². The molecular weight excluding hydrogens is 620 g/mol. The number of rotatable bonds is 9. The zero-order valence-electron chi connectivity index (χ0n) is 23.7. The Bertz CT molecular complexity index is 2200. The molecule has 0 unspecified atom stereocenters. The second-order valence-corrected chi connectivity index (χ2v) is 13.3. The van der Waals surface area contributed by atoms with Crippen molar-refractivity contribution in [2.45, 2.75) is 23.6 Å². The molecular formula is C30H24N6O7S2. The summed E-state index contributed by atoms with van der Waals surface area (Å²) in [5.74, 6) is 0.773. The number of aliphatic imine (C=N–C) groups is 1. The maximum absolute atomic E-state index is 13.4. The predicted octanol–water partition coefficient (Wildman–Crippen LogP) is 5.19. The van der Waals surface area contributed by atoms with Crippen LogP contribution in [0.4, 0.5) is 23.0 Å². The van der Waals surface area contributed by atoms with E-state index in [9.17, 15) is 21.6 Å². The van der Waals surface area contributed by atoms with Gasteiger partial charge in [-0.1, -0.05) is 34.6 Å². The third kappa shape index (κ3) is 6.39. The van der Waals surface area contributed by atoms with Gasteiger partial charge in [0.15, 0.2) is 11.6 Å². The first-order valence-electron chi connectivity index (χ1n) is 13.3. The number of sulfonamides is 2. The molecule has 0 bridgehead atoms. The second-order valence-electron chi connectivity index (χ2n) is 9.93. The fourth-order valence-corrected chi connectivity index (χ4v) is 6.42. The summed E-state index contributed by atoms with van der Waals surface area (Å²) in [7, 11) is -7.83. The van der Waals surface area contributed by atoms with Gasteiger partial charge >= 0.3 is 0 Å². The highest BCUT2D eigenvalue weighted by molar-refractivity contribution is 7.93. The maximum Gasteiger partial charge on any atom is 0.263 e. The van der Waals surface area contributed by atoms with Gasteiger partial charge in [-0.25, -0.2) is 21.8 Å². The molecule has 45 heavy (non-hydrogen) atoms. The van der Waals surface area contributed by atoms with Crippen LogP contribution in [0.3, 0.4) is 0 Å². The predicted molar refractivity (Wildman–Crippen MR) is 166 cm³/mol. The normalized spacial score (nSPS) is 14.1. The standard InChI is InChI=1S/C30H24N6O7S2/c1-18-15-28(33-42-18)35-44(38,39)22-11-7-20(8-12-22)31-26-17-27(30(37)25-6-4-3-5-24(25)26)32-21-9-13-23(14-10-21)45(40,41)36-29-16-19(2)43-34-29/h3-17,32H,1-2H3,(H,33,35)(H,34,36). The number of nitrogens with one attached hydrogen (secondary N) is 3. The summed E-state index contributed by atoms with van der Waals surface area (Å²) in [5, 5.41) is 10.4. The average Bonchev–Trinajstić information content (AvgIpc) is 3.61. The van der Waals surface area contributed by atoms with Crippen LogP contribution in [-0.4, -0.2) is 38.6 Å². The molecule has 0 aliphatic heterocycles. The Hall–Kier alpha value is -5.54. The SMILES string of the molecule is Cc1cc(NS(=O)(=O)c2ccc(N=C3C=C(Nc4ccc(S(=O)(=O)Nc5cc(C)on5)cc4)C(=O)c4ccccc43)cc2)no1. The highest BCUT2D eigenvalue weighted by Gasteiger charge is 2.25. The summed E-state index contributed by atoms with van der Waals surface area (Å²) >= 11 is 0. The molecule has 0 amide bonds. The monoisotopic (exact) mass is 644 g/mol. The molecule has 0 spiro atoms. The van der Waals surface area contributed by atoms with Gasteiger partial charge in [0.2, 0.25) is 5.78 Å². The molecule has 2 aromatic heterocycles. The molecule has 3 N–H and O–H groups in total. The summed E-state index contributed by atoms with van der Waals surface area (Å²) in [6.07, 6.45) is 1.59. The molecule has 5 aromatic rings. The zero-order valence-corrected chi connectivity index (χ0v) is 25.3. The molecule has 15 heteroatoms. The summed E-state index contributed by atoms with van der Waals surface area (Å²) in [6, 6.07) is 21.6. The van der Waals surface area contributed by atoms with Crippen LogP contribution in [0.15, 0.2) is 121 Å². The Morgan fingerprint density at radius 3 is 1.71 bits per heavy atom. The first-order chi connectivity index (χ1) is 21.5. The van der Waals surface area contributed by atoms with Crippen molar-refractivity contribution in [2.75, 3.05) is 14.8 Å². The fraction of sp³-hybridized carbons (Fsp3) is 0.0667. The van der Waals surface area contributed by atoms with Crippen molar-refractivity contribution < 1.29 is 30.7 Å². The fourth-order valence-electron chi connectivity index (χ4n) is 4.45. The van der Waals surface area contributed by atoms with E-state index in [2.05, 4.69) is 30.1 Å². The van der Waals surface area contributed by atoms with E-state index in [1.807, 2.05) is 0 Å². The Labute approximate surface area is 257 Å². The maximum atomic E-state index is 13.4. The summed E-state index contributed by atoms with van der Waals surface area (Å²) in [6.45, 7) is 3.29. The first-order valence-corrected chi connectivity index (χ1v) is 16.3. The van der Waals surface area contributed by atoms with Crippen LogP contribution < -0.4 is 14.8 Å². The van der Waals surface area contributed by atoms with Gasteiger partial charge < -0.3 is 14.4 Å². The largest absolute Gasteiger partial charge is 0.360 e. The van der Waals surface area contributed by atoms with Crippen LogP contribution >= 0.6 is 0 Å². The van der Waals surface area contributed by atoms with Crippen molar-refractivity contribution in [3.63, 3.8) is 0 Å². The number of hydrogen-bond donors (Lipinski definition) is 3. The lowest BCUT2D eigenvalue weighted by molar-refractivity contribution is 0.103. The number of carbonyl (C=O) groups excluding carboxylic acids is 1. The van der Waals surface area contributed by atoms with Crippen LogP contribution in [0.5, 0.6) is 0 Å². The van der Waals surface area contributed by atoms with Crippen molar-refractivity contribution in [3.05, 3.63) is 119 Å². The molecule has 2 heterocycles. The third-order valence-electron chi connectivity index (χ3n) is 6.55. The van der Waals surface area contributed by atoms with Gasteiger partial charge in [0.25, 0.3) is 20.0 Å². The first kappa shape index (κ1) is 29.5. The van der Waals surface area contributed by atoms with Gasteiger partial charge in [0.05, 0.1) is 26.9 Å². The molecule has 6 rings (SSSR count). The van der Waals surface area contributed by atoms with Gasteiger partial charge in [-0.2, -0.15) is 0 Å². The van der Waals surface area contributed by atoms with Gasteiger partial charge in [0.1, 0.15) is 11.5 Å². The molecule has 1 aliphatic carbocycles. The zero-order chi connectivity index (χ0) is 31.8.